The van der Waals surface area contributed by atoms with Crippen LogP contribution in [0.3, 0.4) is 0 Å². The summed E-state index contributed by atoms with van der Waals surface area (Å²) < 4.78 is 15.4. The van der Waals surface area contributed by atoms with Crippen molar-refractivity contribution in [3.8, 4) is 11.8 Å². The smallest absolute Gasteiger partial charge is 0.235 e. The molecule has 0 unspecified atom stereocenters. The maximum Gasteiger partial charge on any atom is 0.235 e. The molecule has 3 rings (SSSR count). The lowest BCUT2D eigenvalue weighted by Crippen LogP contribution is -2.17. The van der Waals surface area contributed by atoms with Gasteiger partial charge in [0.2, 0.25) is 5.91 Å². The first-order valence-corrected chi connectivity index (χ1v) is 9.21. The molecule has 1 aromatic carbocycles. The number of nitrogens with zero attached hydrogens (tertiary/aromatic N) is 3. The monoisotopic (exact) mass is 380 g/mol. The molecule has 0 radical (unpaired) electrons. The molecule has 27 heavy (non-hydrogen) atoms. The zero-order chi connectivity index (χ0) is 19.4. The fraction of sp³-hybridized carbons (Fsp3) is 0.150. The van der Waals surface area contributed by atoms with E-state index in [9.17, 15) is 14.4 Å². The second-order valence-corrected chi connectivity index (χ2v) is 6.86. The first kappa shape index (κ1) is 18.7. The van der Waals surface area contributed by atoms with Crippen molar-refractivity contribution in [3.63, 3.8) is 0 Å². The Balaban J connectivity index is 1.91. The van der Waals surface area contributed by atoms with Crippen LogP contribution in [0, 0.1) is 31.0 Å². The van der Waals surface area contributed by atoms with Gasteiger partial charge in [-0.15, -0.1) is 0 Å². The molecule has 0 atom stereocenters. The van der Waals surface area contributed by atoms with Crippen LogP contribution >= 0.6 is 11.8 Å². The third kappa shape index (κ3) is 4.01. The highest BCUT2D eigenvalue weighted by Gasteiger charge is 2.21. The summed E-state index contributed by atoms with van der Waals surface area (Å²) in [5, 5.41) is 13.1. The lowest BCUT2D eigenvalue weighted by Gasteiger charge is -2.13. The third-order valence-corrected chi connectivity index (χ3v) is 5.08. The van der Waals surface area contributed by atoms with E-state index < -0.39 is 0 Å². The number of anilines is 1. The van der Waals surface area contributed by atoms with Crippen LogP contribution in [0.15, 0.2) is 53.7 Å². The quantitative estimate of drug-likeness (QED) is 0.673. The highest BCUT2D eigenvalue weighted by Crippen LogP contribution is 2.30. The van der Waals surface area contributed by atoms with E-state index in [0.29, 0.717) is 17.1 Å². The zero-order valence-corrected chi connectivity index (χ0v) is 15.7. The number of rotatable bonds is 5. The van der Waals surface area contributed by atoms with Gasteiger partial charge in [-0.2, -0.15) is 5.26 Å². The number of benzene rings is 1. The molecule has 136 valence electrons. The SMILES string of the molecule is Cc1c(C#N)c(NC(=O)CSc2ccccn2)n(-c2cccc(F)c2)c1C. The second-order valence-electron chi connectivity index (χ2n) is 5.87. The Morgan fingerprint density at radius 1 is 1.30 bits per heavy atom. The first-order chi connectivity index (χ1) is 13.0. The van der Waals surface area contributed by atoms with E-state index in [4.69, 9.17) is 0 Å². The summed E-state index contributed by atoms with van der Waals surface area (Å²) in [6.07, 6.45) is 1.66. The Labute approximate surface area is 160 Å². The molecule has 5 nitrogen and oxygen atoms in total. The number of carbonyl (C=O) groups is 1. The molecule has 0 fully saturated rings. The lowest BCUT2D eigenvalue weighted by atomic mass is 10.2. The van der Waals surface area contributed by atoms with Crippen molar-refractivity contribution in [2.45, 2.75) is 18.9 Å². The number of hydrogen-bond donors (Lipinski definition) is 1. The van der Waals surface area contributed by atoms with Crippen molar-refractivity contribution >= 4 is 23.5 Å². The van der Waals surface area contributed by atoms with Gasteiger partial charge in [0.25, 0.3) is 0 Å². The number of amides is 1. The molecule has 0 saturated carbocycles. The molecule has 0 bridgehead atoms. The summed E-state index contributed by atoms with van der Waals surface area (Å²) in [7, 11) is 0. The van der Waals surface area contributed by atoms with Gasteiger partial charge < -0.3 is 5.32 Å². The van der Waals surface area contributed by atoms with Gasteiger partial charge in [0.15, 0.2) is 0 Å². The normalized spacial score (nSPS) is 10.4. The summed E-state index contributed by atoms with van der Waals surface area (Å²) in [6.45, 7) is 3.64. The molecular weight excluding hydrogens is 363 g/mol. The first-order valence-electron chi connectivity index (χ1n) is 8.23. The summed E-state index contributed by atoms with van der Waals surface area (Å²) in [5.74, 6) is -0.157. The highest BCUT2D eigenvalue weighted by atomic mass is 32.2. The Hall–Kier alpha value is -3.11. The molecule has 3 aromatic rings. The van der Waals surface area contributed by atoms with Crippen molar-refractivity contribution in [3.05, 3.63) is 71.3 Å². The molecule has 0 saturated heterocycles. The number of nitriles is 1. The van der Waals surface area contributed by atoms with Gasteiger partial charge in [-0.25, -0.2) is 9.37 Å². The van der Waals surface area contributed by atoms with E-state index in [1.165, 1.54) is 23.9 Å². The van der Waals surface area contributed by atoms with E-state index in [0.717, 1.165) is 16.3 Å². The summed E-state index contributed by atoms with van der Waals surface area (Å²) in [5.41, 5.74) is 2.43. The van der Waals surface area contributed by atoms with Gasteiger partial charge >= 0.3 is 0 Å². The van der Waals surface area contributed by atoms with Crippen LogP contribution < -0.4 is 5.32 Å². The molecule has 1 amide bonds. The maximum atomic E-state index is 13.7. The minimum absolute atomic E-state index is 0.147. The van der Waals surface area contributed by atoms with Crippen molar-refractivity contribution < 1.29 is 9.18 Å². The molecule has 0 aliphatic heterocycles. The van der Waals surface area contributed by atoms with Crippen LogP contribution in [0.4, 0.5) is 10.2 Å². The highest BCUT2D eigenvalue weighted by molar-refractivity contribution is 7.99. The standard InChI is InChI=1S/C20H17FN4OS/c1-13-14(2)25(16-7-5-6-15(21)10-16)20(17(13)11-22)24-18(26)12-27-19-8-3-4-9-23-19/h3-10H,12H2,1-2H3,(H,24,26). The number of carbonyl (C=O) groups excluding carboxylic acids is 1. The van der Waals surface area contributed by atoms with Gasteiger partial charge in [-0.1, -0.05) is 23.9 Å². The molecule has 0 aliphatic rings. The van der Waals surface area contributed by atoms with E-state index >= 15 is 0 Å². The van der Waals surface area contributed by atoms with Crippen molar-refractivity contribution in [2.24, 2.45) is 0 Å². The van der Waals surface area contributed by atoms with Crippen molar-refractivity contribution in [2.75, 3.05) is 11.1 Å². The Kier molecular flexibility index (Phi) is 5.57. The topological polar surface area (TPSA) is 70.7 Å². The van der Waals surface area contributed by atoms with E-state index in [-0.39, 0.29) is 17.5 Å². The van der Waals surface area contributed by atoms with E-state index in [1.54, 1.807) is 29.0 Å². The van der Waals surface area contributed by atoms with Crippen LogP contribution in [0.25, 0.3) is 5.69 Å². The fourth-order valence-corrected chi connectivity index (χ4v) is 3.40. The Bertz CT molecular complexity index is 1020. The van der Waals surface area contributed by atoms with Crippen LogP contribution in [0.2, 0.25) is 0 Å². The van der Waals surface area contributed by atoms with E-state index in [1.807, 2.05) is 26.0 Å². The molecule has 2 aromatic heterocycles. The largest absolute Gasteiger partial charge is 0.310 e. The average Bonchev–Trinajstić information content (AvgIpc) is 2.90. The van der Waals surface area contributed by atoms with Crippen LogP contribution in [-0.2, 0) is 4.79 Å². The Morgan fingerprint density at radius 2 is 2.11 bits per heavy atom. The number of aromatic nitrogens is 2. The fourth-order valence-electron chi connectivity index (χ4n) is 2.74. The van der Waals surface area contributed by atoms with Gasteiger partial charge in [-0.05, 0) is 49.7 Å². The summed E-state index contributed by atoms with van der Waals surface area (Å²) >= 11 is 1.30. The van der Waals surface area contributed by atoms with Crippen LogP contribution in [0.1, 0.15) is 16.8 Å². The van der Waals surface area contributed by atoms with Crippen molar-refractivity contribution in [1.82, 2.24) is 9.55 Å². The number of halogens is 1. The average molecular weight is 380 g/mol. The number of pyridine rings is 1. The predicted molar refractivity (Wildman–Crippen MR) is 104 cm³/mol. The Morgan fingerprint density at radius 3 is 2.78 bits per heavy atom. The van der Waals surface area contributed by atoms with Gasteiger partial charge in [-0.3, -0.25) is 9.36 Å². The van der Waals surface area contributed by atoms with E-state index in [2.05, 4.69) is 16.4 Å². The number of hydrogen-bond acceptors (Lipinski definition) is 4. The molecule has 7 heteroatoms. The number of nitrogens with one attached hydrogen (secondary N) is 1. The third-order valence-electron chi connectivity index (χ3n) is 4.14. The minimum atomic E-state index is -0.389. The molecule has 0 spiro atoms. The molecular formula is C20H17FN4OS. The molecule has 1 N–H and O–H groups in total. The predicted octanol–water partition coefficient (Wildman–Crippen LogP) is 4.23. The zero-order valence-electron chi connectivity index (χ0n) is 14.9. The lowest BCUT2D eigenvalue weighted by molar-refractivity contribution is -0.113. The minimum Gasteiger partial charge on any atom is -0.310 e. The van der Waals surface area contributed by atoms with Crippen molar-refractivity contribution in [1.29, 1.82) is 5.26 Å². The second kappa shape index (κ2) is 8.06. The van der Waals surface area contributed by atoms with Crippen LogP contribution in [-0.4, -0.2) is 21.2 Å². The van der Waals surface area contributed by atoms with Gasteiger partial charge in [0, 0.05) is 11.9 Å². The summed E-state index contributed by atoms with van der Waals surface area (Å²) in [6, 6.07) is 13.7. The maximum absolute atomic E-state index is 13.7. The van der Waals surface area contributed by atoms with Crippen LogP contribution in [0.5, 0.6) is 0 Å². The van der Waals surface area contributed by atoms with Gasteiger partial charge in [0.05, 0.1) is 22.0 Å². The molecule has 2 heterocycles. The summed E-state index contributed by atoms with van der Waals surface area (Å²) in [4.78, 5) is 16.6. The molecule has 0 aliphatic carbocycles. The number of thioether (sulfide) groups is 1. The van der Waals surface area contributed by atoms with Gasteiger partial charge in [0.1, 0.15) is 17.7 Å².